The molecule has 0 bridgehead atoms. The average Bonchev–Trinajstić information content (AvgIpc) is 3.72. The van der Waals surface area contributed by atoms with Crippen LogP contribution < -0.4 is 10.2 Å². The van der Waals surface area contributed by atoms with Crippen LogP contribution in [0.2, 0.25) is 0 Å². The standard InChI is InChI=1S/C30H26N4O3S2/c1-20-8-5-11-22(16-20)34-30-27(28(32-34)21-9-3-2-4-10-21)29(24-13-7-15-38-24)39-19-26(36)33(30)18-25(35)31-17-23-12-6-14-37-23/h2-16,29H,17-19H2,1H3,(H,31,35)/t29-/m1/s1. The van der Waals surface area contributed by atoms with Gasteiger partial charge in [-0.2, -0.15) is 5.10 Å². The molecule has 2 aromatic carbocycles. The maximum atomic E-state index is 13.7. The van der Waals surface area contributed by atoms with Gasteiger partial charge in [-0.15, -0.1) is 23.1 Å². The molecule has 5 aromatic rings. The number of thiophene rings is 1. The van der Waals surface area contributed by atoms with Crippen molar-refractivity contribution in [1.29, 1.82) is 0 Å². The molecule has 1 N–H and O–H groups in total. The molecule has 1 atom stereocenters. The van der Waals surface area contributed by atoms with E-state index in [1.54, 1.807) is 46.4 Å². The molecule has 2 amide bonds. The zero-order chi connectivity index (χ0) is 26.8. The van der Waals surface area contributed by atoms with Crippen molar-refractivity contribution < 1.29 is 14.0 Å². The minimum absolute atomic E-state index is 0.117. The molecule has 0 unspecified atom stereocenters. The summed E-state index contributed by atoms with van der Waals surface area (Å²) >= 11 is 3.23. The van der Waals surface area contributed by atoms with E-state index < -0.39 is 0 Å². The minimum Gasteiger partial charge on any atom is -0.467 e. The van der Waals surface area contributed by atoms with Crippen molar-refractivity contribution in [3.63, 3.8) is 0 Å². The van der Waals surface area contributed by atoms with E-state index in [1.165, 1.54) is 0 Å². The van der Waals surface area contributed by atoms with Crippen LogP contribution >= 0.6 is 23.1 Å². The van der Waals surface area contributed by atoms with Crippen molar-refractivity contribution in [3.8, 4) is 16.9 Å². The lowest BCUT2D eigenvalue weighted by Crippen LogP contribution is -2.42. The van der Waals surface area contributed by atoms with Crippen molar-refractivity contribution in [2.45, 2.75) is 18.7 Å². The third-order valence-electron chi connectivity index (χ3n) is 6.53. The number of nitrogens with one attached hydrogen (secondary N) is 1. The number of anilines is 1. The van der Waals surface area contributed by atoms with Crippen LogP contribution in [0.3, 0.4) is 0 Å². The summed E-state index contributed by atoms with van der Waals surface area (Å²) in [7, 11) is 0. The Morgan fingerprint density at radius 2 is 1.95 bits per heavy atom. The highest BCUT2D eigenvalue weighted by Gasteiger charge is 2.38. The zero-order valence-corrected chi connectivity index (χ0v) is 22.9. The number of amides is 2. The van der Waals surface area contributed by atoms with Gasteiger partial charge in [0.05, 0.1) is 35.2 Å². The monoisotopic (exact) mass is 554 g/mol. The molecule has 1 aliphatic heterocycles. The summed E-state index contributed by atoms with van der Waals surface area (Å²) in [5.74, 6) is 1.10. The quantitative estimate of drug-likeness (QED) is 0.267. The van der Waals surface area contributed by atoms with Gasteiger partial charge in [0.15, 0.2) is 0 Å². The van der Waals surface area contributed by atoms with Crippen LogP contribution in [-0.4, -0.2) is 33.9 Å². The summed E-state index contributed by atoms with van der Waals surface area (Å²) in [5.41, 5.74) is 4.59. The fourth-order valence-corrected chi connectivity index (χ4v) is 6.91. The predicted octanol–water partition coefficient (Wildman–Crippen LogP) is 5.99. The SMILES string of the molecule is Cc1cccc(-n2nc(-c3ccccc3)c3c2N(CC(=O)NCc2ccco2)C(=O)CS[C@@H]3c2cccs2)c1. The van der Waals surface area contributed by atoms with Crippen LogP contribution in [0.1, 0.15) is 27.0 Å². The normalized spacial score (nSPS) is 15.2. The van der Waals surface area contributed by atoms with Gasteiger partial charge in [0.1, 0.15) is 18.1 Å². The number of fused-ring (bicyclic) bond motifs is 1. The summed E-state index contributed by atoms with van der Waals surface area (Å²) in [6.07, 6.45) is 1.57. The molecule has 3 aromatic heterocycles. The molecule has 9 heteroatoms. The van der Waals surface area contributed by atoms with Gasteiger partial charge in [-0.25, -0.2) is 4.68 Å². The lowest BCUT2D eigenvalue weighted by Gasteiger charge is -2.23. The molecule has 0 spiro atoms. The Morgan fingerprint density at radius 1 is 1.08 bits per heavy atom. The first-order valence-corrected chi connectivity index (χ1v) is 14.5. The first-order chi connectivity index (χ1) is 19.1. The number of nitrogens with zero attached hydrogens (tertiary/aromatic N) is 3. The summed E-state index contributed by atoms with van der Waals surface area (Å²) in [4.78, 5) is 29.6. The summed E-state index contributed by atoms with van der Waals surface area (Å²) < 4.78 is 7.18. The highest BCUT2D eigenvalue weighted by molar-refractivity contribution is 8.00. The predicted molar refractivity (Wildman–Crippen MR) is 155 cm³/mol. The summed E-state index contributed by atoms with van der Waals surface area (Å²) in [6, 6.07) is 25.8. The molecular weight excluding hydrogens is 528 g/mol. The van der Waals surface area contributed by atoms with Gasteiger partial charge in [0.25, 0.3) is 0 Å². The molecule has 0 aliphatic carbocycles. The third kappa shape index (κ3) is 5.15. The second kappa shape index (κ2) is 11.0. The van der Waals surface area contributed by atoms with Crippen molar-refractivity contribution in [2.75, 3.05) is 17.2 Å². The highest BCUT2D eigenvalue weighted by atomic mass is 32.2. The van der Waals surface area contributed by atoms with Gasteiger partial charge in [0, 0.05) is 16.0 Å². The first-order valence-electron chi connectivity index (χ1n) is 12.6. The second-order valence-corrected chi connectivity index (χ2v) is 11.3. The van der Waals surface area contributed by atoms with Crippen LogP contribution in [0.4, 0.5) is 5.82 Å². The number of thioether (sulfide) groups is 1. The Hall–Kier alpha value is -4.08. The van der Waals surface area contributed by atoms with Crippen LogP contribution in [0.15, 0.2) is 94.9 Å². The number of aryl methyl sites for hydroxylation is 1. The lowest BCUT2D eigenvalue weighted by molar-refractivity contribution is -0.123. The lowest BCUT2D eigenvalue weighted by atomic mass is 10.0. The fourth-order valence-electron chi connectivity index (χ4n) is 4.73. The Bertz CT molecular complexity index is 1590. The second-order valence-electron chi connectivity index (χ2n) is 9.25. The van der Waals surface area contributed by atoms with Crippen molar-refractivity contribution in [3.05, 3.63) is 112 Å². The topological polar surface area (TPSA) is 80.4 Å². The van der Waals surface area contributed by atoms with E-state index in [4.69, 9.17) is 9.52 Å². The number of furan rings is 1. The third-order valence-corrected chi connectivity index (χ3v) is 8.85. The Labute approximate surface area is 234 Å². The maximum Gasteiger partial charge on any atom is 0.240 e. The van der Waals surface area contributed by atoms with Gasteiger partial charge >= 0.3 is 0 Å². The molecule has 0 saturated carbocycles. The van der Waals surface area contributed by atoms with Gasteiger partial charge in [-0.3, -0.25) is 14.5 Å². The van der Waals surface area contributed by atoms with Crippen LogP contribution in [0, 0.1) is 6.92 Å². The number of aromatic nitrogens is 2. The first kappa shape index (κ1) is 25.2. The minimum atomic E-state index is -0.275. The average molecular weight is 555 g/mol. The number of benzene rings is 2. The molecule has 39 heavy (non-hydrogen) atoms. The number of hydrogen-bond acceptors (Lipinski definition) is 6. The number of hydrogen-bond donors (Lipinski definition) is 1. The molecule has 1 aliphatic rings. The number of carbonyl (C=O) groups excluding carboxylic acids is 2. The zero-order valence-electron chi connectivity index (χ0n) is 21.2. The number of carbonyl (C=O) groups is 2. The molecule has 0 radical (unpaired) electrons. The molecule has 196 valence electrons. The summed E-state index contributed by atoms with van der Waals surface area (Å²) in [6.45, 7) is 2.15. The van der Waals surface area contributed by atoms with Gasteiger partial charge in [-0.1, -0.05) is 48.5 Å². The van der Waals surface area contributed by atoms with E-state index >= 15 is 0 Å². The van der Waals surface area contributed by atoms with Gasteiger partial charge in [0.2, 0.25) is 11.8 Å². The Balaban J connectivity index is 1.52. The molecular formula is C30H26N4O3S2. The Morgan fingerprint density at radius 3 is 2.69 bits per heavy atom. The van der Waals surface area contributed by atoms with Crippen LogP contribution in [0.5, 0.6) is 0 Å². The van der Waals surface area contributed by atoms with Gasteiger partial charge < -0.3 is 9.73 Å². The van der Waals surface area contributed by atoms with Crippen LogP contribution in [-0.2, 0) is 16.1 Å². The smallest absolute Gasteiger partial charge is 0.240 e. The van der Waals surface area contributed by atoms with Crippen LogP contribution in [0.25, 0.3) is 16.9 Å². The largest absolute Gasteiger partial charge is 0.467 e. The number of rotatable bonds is 7. The van der Waals surface area contributed by atoms with Crippen molar-refractivity contribution in [2.24, 2.45) is 0 Å². The van der Waals surface area contributed by atoms with Gasteiger partial charge in [-0.05, 0) is 48.2 Å². The maximum absolute atomic E-state index is 13.7. The Kier molecular flexibility index (Phi) is 7.08. The molecule has 7 nitrogen and oxygen atoms in total. The fraction of sp³-hybridized carbons (Fsp3) is 0.167. The van der Waals surface area contributed by atoms with Crippen molar-refractivity contribution >= 4 is 40.7 Å². The molecule has 6 rings (SSSR count). The summed E-state index contributed by atoms with van der Waals surface area (Å²) in [5, 5.41) is 9.94. The van der Waals surface area contributed by atoms with E-state index in [0.29, 0.717) is 11.6 Å². The highest BCUT2D eigenvalue weighted by Crippen LogP contribution is 2.49. The molecule has 0 saturated heterocycles. The molecule has 4 heterocycles. The van der Waals surface area contributed by atoms with E-state index in [2.05, 4.69) is 16.8 Å². The van der Waals surface area contributed by atoms with E-state index in [9.17, 15) is 9.59 Å². The van der Waals surface area contributed by atoms with Crippen molar-refractivity contribution in [1.82, 2.24) is 15.1 Å². The van der Waals surface area contributed by atoms with E-state index in [1.807, 2.05) is 72.3 Å². The van der Waals surface area contributed by atoms with E-state index in [0.717, 1.165) is 32.9 Å². The molecule has 0 fully saturated rings. The van der Waals surface area contributed by atoms with E-state index in [-0.39, 0.29) is 35.9 Å².